The van der Waals surface area contributed by atoms with Gasteiger partial charge in [0.1, 0.15) is 17.6 Å². The van der Waals surface area contributed by atoms with Gasteiger partial charge in [-0.15, -0.1) is 0 Å². The maximum Gasteiger partial charge on any atom is 0.144 e. The molecule has 4 aliphatic rings. The molecule has 1 N–H and O–H groups in total. The number of ether oxygens (including phenoxy) is 1. The third-order valence-electron chi connectivity index (χ3n) is 10.4. The van der Waals surface area contributed by atoms with Crippen molar-refractivity contribution in [3.63, 3.8) is 0 Å². The zero-order valence-corrected chi connectivity index (χ0v) is 19.5. The number of nitrogens with zero attached hydrogens (tertiary/aromatic N) is 1. The van der Waals surface area contributed by atoms with Gasteiger partial charge in [-0.05, 0) is 114 Å². The van der Waals surface area contributed by atoms with Crippen molar-refractivity contribution in [2.75, 3.05) is 20.7 Å². The highest BCUT2D eigenvalue weighted by Gasteiger charge is 2.63. The summed E-state index contributed by atoms with van der Waals surface area (Å²) in [5.41, 5.74) is -0.404. The maximum absolute atomic E-state index is 12.4. The average molecular weight is 406 g/mol. The minimum Gasteiger partial charge on any atom is -0.374 e. The standard InChI is InChI=1S/C25H43NO3/c1-7-29-22-15-24(4)17(14-25(22,28)26(5)6)8-9-18-20-11-10-19(16(2)27)23(20,3)13-12-21(18)24/h17-22,28H,7-15H2,1-6H3/t17?,18-,19+,20-,21-,22?,23+,24-,25?/m0/s1. The molecule has 0 spiro atoms. The highest BCUT2D eigenvalue weighted by Crippen LogP contribution is 2.68. The molecule has 3 unspecified atom stereocenters. The van der Waals surface area contributed by atoms with Crippen LogP contribution in [0.4, 0.5) is 0 Å². The third-order valence-corrected chi connectivity index (χ3v) is 10.4. The molecule has 4 fully saturated rings. The van der Waals surface area contributed by atoms with Gasteiger partial charge in [-0.2, -0.15) is 0 Å². The zero-order chi connectivity index (χ0) is 21.2. The highest BCUT2D eigenvalue weighted by molar-refractivity contribution is 5.79. The van der Waals surface area contributed by atoms with Crippen LogP contribution >= 0.6 is 0 Å². The molecule has 4 saturated carbocycles. The van der Waals surface area contributed by atoms with Crippen LogP contribution in [0.1, 0.15) is 79.1 Å². The highest BCUT2D eigenvalue weighted by atomic mass is 16.5. The summed E-state index contributed by atoms with van der Waals surface area (Å²) in [6.07, 6.45) is 8.92. The summed E-state index contributed by atoms with van der Waals surface area (Å²) in [5.74, 6) is 3.40. The monoisotopic (exact) mass is 405 g/mol. The Bertz CT molecular complexity index is 650. The molecule has 0 saturated heterocycles. The number of aliphatic hydroxyl groups is 1. The quantitative estimate of drug-likeness (QED) is 0.700. The van der Waals surface area contributed by atoms with Crippen molar-refractivity contribution in [3.8, 4) is 0 Å². The van der Waals surface area contributed by atoms with Gasteiger partial charge in [0, 0.05) is 12.5 Å². The van der Waals surface area contributed by atoms with E-state index in [4.69, 9.17) is 4.74 Å². The number of ketones is 1. The van der Waals surface area contributed by atoms with Crippen LogP contribution in [0.3, 0.4) is 0 Å². The minimum atomic E-state index is -0.858. The fourth-order valence-corrected chi connectivity index (χ4v) is 8.78. The van der Waals surface area contributed by atoms with Crippen LogP contribution in [-0.4, -0.2) is 48.3 Å². The van der Waals surface area contributed by atoms with Crippen molar-refractivity contribution in [3.05, 3.63) is 0 Å². The third kappa shape index (κ3) is 3.07. The Morgan fingerprint density at radius 1 is 1.03 bits per heavy atom. The van der Waals surface area contributed by atoms with Gasteiger partial charge in [0.25, 0.3) is 0 Å². The molecule has 0 bridgehead atoms. The molecule has 0 aromatic rings. The summed E-state index contributed by atoms with van der Waals surface area (Å²) in [5, 5.41) is 11.5. The van der Waals surface area contributed by atoms with Crippen LogP contribution in [0.25, 0.3) is 0 Å². The minimum absolute atomic E-state index is 0.121. The smallest absolute Gasteiger partial charge is 0.144 e. The zero-order valence-electron chi connectivity index (χ0n) is 19.5. The molecule has 0 radical (unpaired) electrons. The van der Waals surface area contributed by atoms with Gasteiger partial charge >= 0.3 is 0 Å². The van der Waals surface area contributed by atoms with E-state index in [-0.39, 0.29) is 22.9 Å². The SMILES string of the molecule is CCOC1C[C@@]2(C)C(CC[C@H]3[C@@H]4CC[C@H](C(C)=O)[C@@]4(C)CC[C@@H]32)CC1(O)N(C)C. The van der Waals surface area contributed by atoms with Crippen molar-refractivity contribution < 1.29 is 14.6 Å². The molecule has 0 aromatic heterocycles. The number of hydrogen-bond acceptors (Lipinski definition) is 4. The van der Waals surface area contributed by atoms with Gasteiger partial charge in [-0.3, -0.25) is 9.69 Å². The second-order valence-electron chi connectivity index (χ2n) is 11.6. The normalized spacial score (nSPS) is 52.0. The van der Waals surface area contributed by atoms with Crippen LogP contribution in [0, 0.1) is 40.4 Å². The summed E-state index contributed by atoms with van der Waals surface area (Å²) >= 11 is 0. The fourth-order valence-electron chi connectivity index (χ4n) is 8.78. The molecule has 0 amide bonds. The van der Waals surface area contributed by atoms with Crippen LogP contribution in [-0.2, 0) is 9.53 Å². The van der Waals surface area contributed by atoms with E-state index in [1.54, 1.807) is 0 Å². The Hall–Kier alpha value is -0.450. The fraction of sp³-hybridized carbons (Fsp3) is 0.960. The molecule has 0 heterocycles. The van der Waals surface area contributed by atoms with E-state index in [2.05, 4.69) is 13.8 Å². The van der Waals surface area contributed by atoms with E-state index >= 15 is 0 Å². The molecular weight excluding hydrogens is 362 g/mol. The molecule has 0 aromatic carbocycles. The number of likely N-dealkylation sites (N-methyl/N-ethyl adjacent to an activating group) is 1. The first kappa shape index (κ1) is 21.8. The van der Waals surface area contributed by atoms with Crippen LogP contribution in [0.2, 0.25) is 0 Å². The van der Waals surface area contributed by atoms with E-state index in [1.165, 1.54) is 32.1 Å². The number of Topliss-reactive ketones (excluding diaryl/α,β-unsaturated/α-hetero) is 1. The molecule has 9 atom stereocenters. The van der Waals surface area contributed by atoms with Gasteiger partial charge in [0.15, 0.2) is 0 Å². The number of fused-ring (bicyclic) bond motifs is 5. The summed E-state index contributed by atoms with van der Waals surface area (Å²) < 4.78 is 6.17. The largest absolute Gasteiger partial charge is 0.374 e. The second kappa shape index (κ2) is 7.31. The van der Waals surface area contributed by atoms with Crippen molar-refractivity contribution in [2.45, 2.75) is 90.9 Å². The van der Waals surface area contributed by atoms with Crippen LogP contribution < -0.4 is 0 Å². The Morgan fingerprint density at radius 2 is 1.72 bits per heavy atom. The number of carbonyl (C=O) groups excluding carboxylic acids is 1. The lowest BCUT2D eigenvalue weighted by Gasteiger charge is -2.63. The molecule has 4 nitrogen and oxygen atoms in total. The van der Waals surface area contributed by atoms with Crippen molar-refractivity contribution in [1.82, 2.24) is 4.90 Å². The van der Waals surface area contributed by atoms with Crippen LogP contribution in [0.15, 0.2) is 0 Å². The molecule has 4 rings (SSSR count). The number of rotatable bonds is 4. The summed E-state index contributed by atoms with van der Waals surface area (Å²) in [6, 6.07) is 0. The van der Waals surface area contributed by atoms with Crippen molar-refractivity contribution >= 4 is 5.78 Å². The molecule has 166 valence electrons. The van der Waals surface area contributed by atoms with E-state index in [1.807, 2.05) is 32.8 Å². The van der Waals surface area contributed by atoms with E-state index in [9.17, 15) is 9.90 Å². The first-order valence-electron chi connectivity index (χ1n) is 12.1. The Labute approximate surface area is 177 Å². The maximum atomic E-state index is 12.4. The number of carbonyl (C=O) groups is 1. The summed E-state index contributed by atoms with van der Waals surface area (Å²) in [7, 11) is 3.99. The Morgan fingerprint density at radius 3 is 2.34 bits per heavy atom. The summed E-state index contributed by atoms with van der Waals surface area (Å²) in [6.45, 7) is 9.45. The first-order valence-corrected chi connectivity index (χ1v) is 12.1. The number of hydrogen-bond donors (Lipinski definition) is 1. The second-order valence-corrected chi connectivity index (χ2v) is 11.6. The molecule has 29 heavy (non-hydrogen) atoms. The van der Waals surface area contributed by atoms with Gasteiger partial charge < -0.3 is 9.84 Å². The van der Waals surface area contributed by atoms with E-state index < -0.39 is 5.72 Å². The Balaban J connectivity index is 1.63. The topological polar surface area (TPSA) is 49.8 Å². The average Bonchev–Trinajstić information content (AvgIpc) is 3.00. The molecule has 0 aliphatic heterocycles. The Kier molecular flexibility index (Phi) is 5.49. The van der Waals surface area contributed by atoms with Gasteiger partial charge in [0.2, 0.25) is 0 Å². The lowest BCUT2D eigenvalue weighted by molar-refractivity contribution is -0.253. The first-order chi connectivity index (χ1) is 13.6. The van der Waals surface area contributed by atoms with Crippen LogP contribution in [0.5, 0.6) is 0 Å². The molecule has 4 heteroatoms. The summed E-state index contributed by atoms with van der Waals surface area (Å²) in [4.78, 5) is 14.3. The van der Waals surface area contributed by atoms with Crippen molar-refractivity contribution in [2.24, 2.45) is 40.4 Å². The predicted octanol–water partition coefficient (Wildman–Crippen LogP) is 4.50. The van der Waals surface area contributed by atoms with Gasteiger partial charge in [-0.1, -0.05) is 13.8 Å². The van der Waals surface area contributed by atoms with Gasteiger partial charge in [-0.25, -0.2) is 0 Å². The predicted molar refractivity (Wildman–Crippen MR) is 115 cm³/mol. The lowest BCUT2D eigenvalue weighted by atomic mass is 9.44. The van der Waals surface area contributed by atoms with E-state index in [0.29, 0.717) is 30.1 Å². The van der Waals surface area contributed by atoms with Crippen molar-refractivity contribution in [1.29, 1.82) is 0 Å². The molecular formula is C25H43NO3. The molecule has 4 aliphatic carbocycles. The van der Waals surface area contributed by atoms with Gasteiger partial charge in [0.05, 0.1) is 0 Å². The van der Waals surface area contributed by atoms with E-state index in [0.717, 1.165) is 25.2 Å². The lowest BCUT2D eigenvalue weighted by Crippen LogP contribution is -2.65.